The molecule has 13 heavy (non-hydrogen) atoms. The molecule has 0 unspecified atom stereocenters. The zero-order valence-electron chi connectivity index (χ0n) is 8.38. The lowest BCUT2D eigenvalue weighted by Crippen LogP contribution is -2.05. The summed E-state index contributed by atoms with van der Waals surface area (Å²) >= 11 is 2.07. The molecule has 0 aromatic rings. The van der Waals surface area contributed by atoms with E-state index in [2.05, 4.69) is 21.2 Å². The van der Waals surface area contributed by atoms with Crippen molar-refractivity contribution in [1.82, 2.24) is 0 Å². The van der Waals surface area contributed by atoms with Gasteiger partial charge in [0.1, 0.15) is 0 Å². The summed E-state index contributed by atoms with van der Waals surface area (Å²) in [7, 11) is 0. The summed E-state index contributed by atoms with van der Waals surface area (Å²) in [5.74, 6) is 2.83. The predicted octanol–water partition coefficient (Wildman–Crippen LogP) is 2.69. The summed E-state index contributed by atoms with van der Waals surface area (Å²) in [6.45, 7) is 4.21. The van der Waals surface area contributed by atoms with Gasteiger partial charge in [-0.2, -0.15) is 11.8 Å². The Hall–Kier alpha value is -0.380. The molecule has 1 saturated heterocycles. The van der Waals surface area contributed by atoms with Gasteiger partial charge in [-0.1, -0.05) is 0 Å². The van der Waals surface area contributed by atoms with Crippen molar-refractivity contribution in [3.63, 3.8) is 0 Å². The van der Waals surface area contributed by atoms with Gasteiger partial charge in [0.15, 0.2) is 0 Å². The van der Waals surface area contributed by atoms with Crippen molar-refractivity contribution >= 4 is 17.9 Å². The molecule has 0 atom stereocenters. The van der Waals surface area contributed by atoms with Crippen molar-refractivity contribution in [2.75, 3.05) is 24.7 Å². The molecule has 0 aliphatic carbocycles. The fourth-order valence-corrected chi connectivity index (χ4v) is 1.81. The summed E-state index contributed by atoms with van der Waals surface area (Å²) in [5.41, 5.74) is 0. The topological polar surface area (TPSA) is 35.5 Å². The van der Waals surface area contributed by atoms with Crippen LogP contribution in [-0.4, -0.2) is 30.9 Å². The highest BCUT2D eigenvalue weighted by Gasteiger charge is 1.96. The third kappa shape index (κ3) is 9.53. The van der Waals surface area contributed by atoms with Crippen LogP contribution in [0.25, 0.3) is 0 Å². The third-order valence-electron chi connectivity index (χ3n) is 1.35. The first-order valence-corrected chi connectivity index (χ1v) is 5.84. The summed E-state index contributed by atoms with van der Waals surface area (Å²) in [5, 5.41) is 0. The quantitative estimate of drug-likeness (QED) is 0.651. The molecule has 0 N–H and O–H groups in total. The minimum absolute atomic E-state index is 0.374. The number of carbonyl (C=O) groups excluding carboxylic acids is 1. The first-order valence-electron chi connectivity index (χ1n) is 4.68. The Kier molecular flexibility index (Phi) is 9.42. The van der Waals surface area contributed by atoms with E-state index in [-0.39, 0.29) is 0 Å². The Balaban J connectivity index is 0.000000243. The van der Waals surface area contributed by atoms with Crippen molar-refractivity contribution < 1.29 is 14.3 Å². The molecule has 0 amide bonds. The molecule has 1 rings (SSSR count). The number of carbonyl (C=O) groups is 1. The maximum atomic E-state index is 10.2. The van der Waals surface area contributed by atoms with Gasteiger partial charge < -0.3 is 9.47 Å². The number of hydrogen-bond acceptors (Lipinski definition) is 4. The second-order valence-electron chi connectivity index (χ2n) is 2.44. The average Bonchev–Trinajstić information content (AvgIpc) is 2.61. The van der Waals surface area contributed by atoms with Crippen LogP contribution < -0.4 is 0 Å². The van der Waals surface area contributed by atoms with Crippen molar-refractivity contribution in [1.29, 1.82) is 0 Å². The Morgan fingerprint density at radius 1 is 1.15 bits per heavy atom. The Morgan fingerprint density at radius 3 is 1.85 bits per heavy atom. The van der Waals surface area contributed by atoms with Crippen molar-refractivity contribution in [3.8, 4) is 0 Å². The predicted molar refractivity (Wildman–Crippen MR) is 55.2 cm³/mol. The molecule has 0 spiro atoms. The summed E-state index contributed by atoms with van der Waals surface area (Å²) in [6.07, 6.45) is 2.34. The minimum atomic E-state index is -0.588. The molecule has 78 valence electrons. The van der Waals surface area contributed by atoms with E-state index in [1.807, 2.05) is 0 Å². The maximum Gasteiger partial charge on any atom is 0.508 e. The number of rotatable bonds is 2. The molecule has 0 aromatic carbocycles. The summed E-state index contributed by atoms with van der Waals surface area (Å²) < 4.78 is 8.84. The number of hydrogen-bond donors (Lipinski definition) is 0. The van der Waals surface area contributed by atoms with Gasteiger partial charge in [0, 0.05) is 0 Å². The van der Waals surface area contributed by atoms with E-state index >= 15 is 0 Å². The van der Waals surface area contributed by atoms with Gasteiger partial charge in [0.25, 0.3) is 0 Å². The minimum Gasteiger partial charge on any atom is -0.435 e. The zero-order chi connectivity index (χ0) is 9.94. The van der Waals surface area contributed by atoms with Crippen molar-refractivity contribution in [3.05, 3.63) is 0 Å². The largest absolute Gasteiger partial charge is 0.508 e. The van der Waals surface area contributed by atoms with Crippen molar-refractivity contribution in [2.24, 2.45) is 0 Å². The lowest BCUT2D eigenvalue weighted by molar-refractivity contribution is 0.0630. The molecule has 1 heterocycles. The average molecular weight is 206 g/mol. The van der Waals surface area contributed by atoms with Crippen LogP contribution in [0.5, 0.6) is 0 Å². The van der Waals surface area contributed by atoms with E-state index in [4.69, 9.17) is 0 Å². The maximum absolute atomic E-state index is 10.2. The molecule has 0 saturated carbocycles. The van der Waals surface area contributed by atoms with Gasteiger partial charge in [-0.05, 0) is 38.2 Å². The van der Waals surface area contributed by atoms with E-state index in [1.54, 1.807) is 13.8 Å². The van der Waals surface area contributed by atoms with Gasteiger partial charge in [-0.25, -0.2) is 4.79 Å². The number of ether oxygens (including phenoxy) is 2. The van der Waals surface area contributed by atoms with Crippen LogP contribution in [0, 0.1) is 0 Å². The van der Waals surface area contributed by atoms with Crippen molar-refractivity contribution in [2.45, 2.75) is 26.7 Å². The van der Waals surface area contributed by atoms with Crippen LogP contribution >= 0.6 is 11.8 Å². The molecule has 3 nitrogen and oxygen atoms in total. The summed E-state index contributed by atoms with van der Waals surface area (Å²) in [4.78, 5) is 10.2. The van der Waals surface area contributed by atoms with Crippen LogP contribution in [0.3, 0.4) is 0 Å². The molecular weight excluding hydrogens is 188 g/mol. The Labute approximate surface area is 84.2 Å². The molecular formula is C9H18O3S. The van der Waals surface area contributed by atoms with E-state index in [1.165, 1.54) is 24.3 Å². The monoisotopic (exact) mass is 206 g/mol. The highest BCUT2D eigenvalue weighted by atomic mass is 32.2. The van der Waals surface area contributed by atoms with Gasteiger partial charge >= 0.3 is 6.16 Å². The van der Waals surface area contributed by atoms with E-state index in [0.29, 0.717) is 13.2 Å². The molecule has 0 aromatic heterocycles. The molecule has 1 aliphatic rings. The lowest BCUT2D eigenvalue weighted by atomic mass is 10.4. The van der Waals surface area contributed by atoms with Crippen LogP contribution in [0.1, 0.15) is 26.7 Å². The van der Waals surface area contributed by atoms with Gasteiger partial charge in [-0.3, -0.25) is 0 Å². The highest BCUT2D eigenvalue weighted by Crippen LogP contribution is 2.14. The number of thioether (sulfide) groups is 1. The SMILES string of the molecule is C1CCSC1.CCOC(=O)OCC. The van der Waals surface area contributed by atoms with E-state index in [0.717, 1.165) is 0 Å². The standard InChI is InChI=1S/C5H10O3.C4H8S/c1-3-7-5(6)8-4-2;1-2-4-5-3-1/h3-4H2,1-2H3;1-4H2. The summed E-state index contributed by atoms with van der Waals surface area (Å²) in [6, 6.07) is 0. The lowest BCUT2D eigenvalue weighted by Gasteiger charge is -1.98. The van der Waals surface area contributed by atoms with Gasteiger partial charge in [-0.15, -0.1) is 0 Å². The molecule has 4 heteroatoms. The van der Waals surface area contributed by atoms with Gasteiger partial charge in [0.05, 0.1) is 13.2 Å². The Morgan fingerprint density at radius 2 is 1.62 bits per heavy atom. The van der Waals surface area contributed by atoms with Crippen LogP contribution in [0.4, 0.5) is 4.79 Å². The highest BCUT2D eigenvalue weighted by molar-refractivity contribution is 7.99. The fourth-order valence-electron chi connectivity index (χ4n) is 0.788. The third-order valence-corrected chi connectivity index (χ3v) is 2.51. The normalized spacial score (nSPS) is 14.3. The van der Waals surface area contributed by atoms with Gasteiger partial charge in [0.2, 0.25) is 0 Å². The van der Waals surface area contributed by atoms with Crippen LogP contribution in [0.15, 0.2) is 0 Å². The second-order valence-corrected chi connectivity index (χ2v) is 3.66. The zero-order valence-corrected chi connectivity index (χ0v) is 9.19. The van der Waals surface area contributed by atoms with E-state index in [9.17, 15) is 4.79 Å². The smallest absolute Gasteiger partial charge is 0.435 e. The molecule has 0 radical (unpaired) electrons. The molecule has 0 bridgehead atoms. The second kappa shape index (κ2) is 9.71. The van der Waals surface area contributed by atoms with E-state index < -0.39 is 6.16 Å². The Bertz CT molecular complexity index is 108. The van der Waals surface area contributed by atoms with Crippen LogP contribution in [0.2, 0.25) is 0 Å². The van der Waals surface area contributed by atoms with Crippen LogP contribution in [-0.2, 0) is 9.47 Å². The molecule has 1 aliphatic heterocycles. The first kappa shape index (κ1) is 12.6. The fraction of sp³-hybridized carbons (Fsp3) is 0.889. The molecule has 1 fully saturated rings. The first-order chi connectivity index (χ1) is 6.31.